The molecule has 1 heteroatoms. The van der Waals surface area contributed by atoms with Crippen molar-refractivity contribution in [3.8, 4) is 0 Å². The van der Waals surface area contributed by atoms with Crippen molar-refractivity contribution in [3.63, 3.8) is 0 Å². The van der Waals surface area contributed by atoms with Crippen LogP contribution in [0.2, 0.25) is 0 Å². The second kappa shape index (κ2) is 6.96. The fourth-order valence-corrected chi connectivity index (χ4v) is 0.433. The van der Waals surface area contributed by atoms with Crippen molar-refractivity contribution < 1.29 is 0 Å². The lowest BCUT2D eigenvalue weighted by atomic mass is 10.1. The van der Waals surface area contributed by atoms with Crippen LogP contribution < -0.4 is 5.32 Å². The number of hydrogen-bond acceptors (Lipinski definition) is 1. The largest absolute Gasteiger partial charge is 0.320 e. The van der Waals surface area contributed by atoms with E-state index in [9.17, 15) is 0 Å². The Morgan fingerprint density at radius 3 is 2.00 bits per heavy atom. The van der Waals surface area contributed by atoms with Gasteiger partial charge in [0, 0.05) is 0 Å². The highest BCUT2D eigenvalue weighted by Gasteiger charge is 1.88. The molecule has 0 atom stereocenters. The minimum absolute atomic E-state index is 0. The summed E-state index contributed by atoms with van der Waals surface area (Å²) < 4.78 is 0. The summed E-state index contributed by atoms with van der Waals surface area (Å²) in [5.41, 5.74) is 0. The topological polar surface area (TPSA) is 12.0 Å². The van der Waals surface area contributed by atoms with E-state index in [-0.39, 0.29) is 7.43 Å². The summed E-state index contributed by atoms with van der Waals surface area (Å²) in [7, 11) is 1.99. The van der Waals surface area contributed by atoms with Crippen LogP contribution >= 0.6 is 0 Å². The highest BCUT2D eigenvalue weighted by molar-refractivity contribution is 4.45. The van der Waals surface area contributed by atoms with Crippen LogP contribution in [0.15, 0.2) is 0 Å². The molecule has 0 aliphatic heterocycles. The van der Waals surface area contributed by atoms with Gasteiger partial charge in [0.2, 0.25) is 0 Å². The zero-order valence-corrected chi connectivity index (χ0v) is 5.49. The van der Waals surface area contributed by atoms with E-state index in [1.54, 1.807) is 0 Å². The molecule has 1 nitrogen and oxygen atoms in total. The first-order chi connectivity index (χ1) is 3.27. The zero-order chi connectivity index (χ0) is 5.70. The van der Waals surface area contributed by atoms with Gasteiger partial charge in [-0.05, 0) is 25.9 Å². The summed E-state index contributed by atoms with van der Waals surface area (Å²) in [4.78, 5) is 0. The Morgan fingerprint density at radius 2 is 1.88 bits per heavy atom. The zero-order valence-electron chi connectivity index (χ0n) is 5.49. The van der Waals surface area contributed by atoms with Gasteiger partial charge in [0.1, 0.15) is 0 Å². The van der Waals surface area contributed by atoms with Gasteiger partial charge in [-0.2, -0.15) is 0 Å². The van der Waals surface area contributed by atoms with E-state index >= 15 is 0 Å². The van der Waals surface area contributed by atoms with Crippen molar-refractivity contribution in [3.05, 3.63) is 0 Å². The van der Waals surface area contributed by atoms with Crippen LogP contribution in [0, 0.1) is 5.92 Å². The Hall–Kier alpha value is -0.0400. The highest BCUT2D eigenvalue weighted by atomic mass is 14.8. The Balaban J connectivity index is 0. The quantitative estimate of drug-likeness (QED) is 0.595. The molecule has 0 bridgehead atoms. The molecule has 0 aliphatic carbocycles. The highest BCUT2D eigenvalue weighted by Crippen LogP contribution is 1.94. The summed E-state index contributed by atoms with van der Waals surface area (Å²) >= 11 is 0. The molecular weight excluding hydrogens is 98.1 g/mol. The fourth-order valence-electron chi connectivity index (χ4n) is 0.433. The van der Waals surface area contributed by atoms with Crippen LogP contribution in [0.25, 0.3) is 0 Å². The van der Waals surface area contributed by atoms with Crippen molar-refractivity contribution in [2.45, 2.75) is 27.7 Å². The van der Waals surface area contributed by atoms with Gasteiger partial charge < -0.3 is 5.32 Å². The van der Waals surface area contributed by atoms with Crippen molar-refractivity contribution in [2.24, 2.45) is 5.92 Å². The number of rotatable bonds is 3. The molecule has 0 rings (SSSR count). The van der Waals surface area contributed by atoms with Crippen LogP contribution in [-0.4, -0.2) is 13.6 Å². The van der Waals surface area contributed by atoms with Gasteiger partial charge in [-0.15, -0.1) is 0 Å². The summed E-state index contributed by atoms with van der Waals surface area (Å²) in [6, 6.07) is 0. The average molecular weight is 117 g/mol. The van der Waals surface area contributed by atoms with Crippen LogP contribution in [0.1, 0.15) is 27.7 Å². The van der Waals surface area contributed by atoms with Crippen LogP contribution in [-0.2, 0) is 0 Å². The third kappa shape index (κ3) is 9.35. The van der Waals surface area contributed by atoms with E-state index < -0.39 is 0 Å². The lowest BCUT2D eigenvalue weighted by Gasteiger charge is -2.00. The van der Waals surface area contributed by atoms with Crippen LogP contribution in [0.4, 0.5) is 0 Å². The Labute approximate surface area is 53.5 Å². The van der Waals surface area contributed by atoms with E-state index in [1.807, 2.05) is 7.05 Å². The molecule has 0 aliphatic rings. The van der Waals surface area contributed by atoms with Gasteiger partial charge in [0.05, 0.1) is 0 Å². The van der Waals surface area contributed by atoms with Crippen LogP contribution in [0.5, 0.6) is 0 Å². The van der Waals surface area contributed by atoms with Crippen molar-refractivity contribution in [1.29, 1.82) is 0 Å². The third-order valence-electron chi connectivity index (χ3n) is 0.972. The smallest absolute Gasteiger partial charge is 0.00495 e. The second-order valence-electron chi connectivity index (χ2n) is 2.29. The van der Waals surface area contributed by atoms with Gasteiger partial charge in [0.25, 0.3) is 0 Å². The molecule has 1 N–H and O–H groups in total. The molecule has 8 heavy (non-hydrogen) atoms. The predicted octanol–water partition coefficient (Wildman–Crippen LogP) is 1.89. The maximum absolute atomic E-state index is 3.10. The minimum atomic E-state index is 0. The molecule has 0 saturated carbocycles. The molecule has 0 aromatic heterocycles. The minimum Gasteiger partial charge on any atom is -0.320 e. The summed E-state index contributed by atoms with van der Waals surface area (Å²) in [5, 5.41) is 3.10. The number of hydrogen-bond donors (Lipinski definition) is 1. The summed E-state index contributed by atoms with van der Waals surface area (Å²) in [6.07, 6.45) is 1.29. The van der Waals surface area contributed by atoms with E-state index in [4.69, 9.17) is 0 Å². The van der Waals surface area contributed by atoms with E-state index in [0.717, 1.165) is 12.5 Å². The normalized spacial score (nSPS) is 9.00. The van der Waals surface area contributed by atoms with E-state index in [2.05, 4.69) is 19.2 Å². The van der Waals surface area contributed by atoms with Gasteiger partial charge in [-0.1, -0.05) is 21.3 Å². The van der Waals surface area contributed by atoms with Crippen molar-refractivity contribution in [2.75, 3.05) is 13.6 Å². The first-order valence-corrected chi connectivity index (χ1v) is 2.92. The Bertz CT molecular complexity index is 33.4. The summed E-state index contributed by atoms with van der Waals surface area (Å²) in [6.45, 7) is 5.62. The fraction of sp³-hybridized carbons (Fsp3) is 1.00. The molecular formula is C7H19N. The number of nitrogens with one attached hydrogen (secondary N) is 1. The molecule has 0 amide bonds. The molecule has 0 saturated heterocycles. The van der Waals surface area contributed by atoms with Gasteiger partial charge in [0.15, 0.2) is 0 Å². The molecule has 0 aromatic carbocycles. The van der Waals surface area contributed by atoms with Gasteiger partial charge in [-0.25, -0.2) is 0 Å². The summed E-state index contributed by atoms with van der Waals surface area (Å²) in [5.74, 6) is 0.840. The standard InChI is InChI=1S/C6H15N.CH4/c1-6(2)4-5-7-3;/h6-7H,4-5H2,1-3H3;1H4. The van der Waals surface area contributed by atoms with E-state index in [0.29, 0.717) is 0 Å². The monoisotopic (exact) mass is 117 g/mol. The lowest BCUT2D eigenvalue weighted by molar-refractivity contribution is 0.562. The molecule has 0 aromatic rings. The van der Waals surface area contributed by atoms with Gasteiger partial charge >= 0.3 is 0 Å². The van der Waals surface area contributed by atoms with Crippen LogP contribution in [0.3, 0.4) is 0 Å². The van der Waals surface area contributed by atoms with Crippen molar-refractivity contribution >= 4 is 0 Å². The van der Waals surface area contributed by atoms with E-state index in [1.165, 1.54) is 6.42 Å². The third-order valence-corrected chi connectivity index (χ3v) is 0.972. The average Bonchev–Trinajstić information content (AvgIpc) is 1.61. The Morgan fingerprint density at radius 1 is 1.38 bits per heavy atom. The lowest BCUT2D eigenvalue weighted by Crippen LogP contribution is -2.09. The van der Waals surface area contributed by atoms with Crippen molar-refractivity contribution in [1.82, 2.24) is 5.32 Å². The first kappa shape index (κ1) is 10.9. The molecule has 0 spiro atoms. The first-order valence-electron chi connectivity index (χ1n) is 2.92. The Kier molecular flexibility index (Phi) is 9.44. The maximum atomic E-state index is 3.10. The maximum Gasteiger partial charge on any atom is -0.00495 e. The molecule has 0 unspecified atom stereocenters. The molecule has 0 fully saturated rings. The molecule has 0 heterocycles. The molecule has 0 radical (unpaired) electrons. The molecule has 52 valence electrons. The predicted molar refractivity (Wildman–Crippen MR) is 40.1 cm³/mol. The van der Waals surface area contributed by atoms with Gasteiger partial charge in [-0.3, -0.25) is 0 Å². The second-order valence-corrected chi connectivity index (χ2v) is 2.29. The SMILES string of the molecule is C.CNCCC(C)C.